The number of hydrogen-bond acceptors (Lipinski definition) is 4. The average Bonchev–Trinajstić information content (AvgIpc) is 2.27. The number of nitriles is 1. The van der Waals surface area contributed by atoms with Gasteiger partial charge < -0.3 is 9.64 Å². The standard InChI is InChI=1S/C11H18N2O2/c1-4-13(5-2)7-6-8-15-11(14)10(3)9-12/h3-8H2,1-2H3. The molecule has 0 aromatic heterocycles. The number of nitrogens with zero attached hydrogens (tertiary/aromatic N) is 2. The lowest BCUT2D eigenvalue weighted by atomic mass is 10.3. The van der Waals surface area contributed by atoms with E-state index in [1.165, 1.54) is 0 Å². The van der Waals surface area contributed by atoms with Gasteiger partial charge in [-0.25, -0.2) is 4.79 Å². The molecular formula is C11H18N2O2. The molecule has 0 heterocycles. The van der Waals surface area contributed by atoms with Crippen LogP contribution >= 0.6 is 0 Å². The van der Waals surface area contributed by atoms with E-state index in [0.717, 1.165) is 26.1 Å². The van der Waals surface area contributed by atoms with Crippen LogP contribution < -0.4 is 0 Å². The molecule has 4 heteroatoms. The van der Waals surface area contributed by atoms with E-state index >= 15 is 0 Å². The quantitative estimate of drug-likeness (QED) is 0.275. The van der Waals surface area contributed by atoms with Gasteiger partial charge in [0.1, 0.15) is 11.6 Å². The van der Waals surface area contributed by atoms with Gasteiger partial charge in [0.05, 0.1) is 6.61 Å². The molecule has 15 heavy (non-hydrogen) atoms. The Morgan fingerprint density at radius 1 is 1.47 bits per heavy atom. The van der Waals surface area contributed by atoms with E-state index in [4.69, 9.17) is 10.00 Å². The molecule has 0 spiro atoms. The fraction of sp³-hybridized carbons (Fsp3) is 0.636. The SMILES string of the molecule is C=C(C#N)C(=O)OCCCN(CC)CC. The van der Waals surface area contributed by atoms with E-state index in [1.807, 2.05) is 0 Å². The maximum atomic E-state index is 11.0. The zero-order valence-electron chi connectivity index (χ0n) is 9.45. The summed E-state index contributed by atoms with van der Waals surface area (Å²) in [6, 6.07) is 1.66. The van der Waals surface area contributed by atoms with Crippen LogP contribution in [0, 0.1) is 11.3 Å². The molecule has 0 saturated carbocycles. The second kappa shape index (κ2) is 8.01. The summed E-state index contributed by atoms with van der Waals surface area (Å²) in [6.45, 7) is 10.7. The van der Waals surface area contributed by atoms with Crippen LogP contribution in [-0.2, 0) is 9.53 Å². The first kappa shape index (κ1) is 13.7. The van der Waals surface area contributed by atoms with Gasteiger partial charge in [0, 0.05) is 6.54 Å². The van der Waals surface area contributed by atoms with E-state index in [9.17, 15) is 4.79 Å². The number of rotatable bonds is 7. The van der Waals surface area contributed by atoms with Crippen molar-refractivity contribution in [3.8, 4) is 6.07 Å². The molecule has 0 aromatic rings. The number of hydrogen-bond donors (Lipinski definition) is 0. The van der Waals surface area contributed by atoms with Crippen LogP contribution in [0.2, 0.25) is 0 Å². The van der Waals surface area contributed by atoms with Gasteiger partial charge in [0.25, 0.3) is 0 Å². The molecule has 0 fully saturated rings. The lowest BCUT2D eigenvalue weighted by Gasteiger charge is -2.17. The Hall–Kier alpha value is -1.34. The first-order valence-corrected chi connectivity index (χ1v) is 5.14. The first-order valence-electron chi connectivity index (χ1n) is 5.14. The zero-order valence-corrected chi connectivity index (χ0v) is 9.45. The molecule has 0 amide bonds. The molecule has 4 nitrogen and oxygen atoms in total. The van der Waals surface area contributed by atoms with Gasteiger partial charge in [-0.15, -0.1) is 0 Å². The largest absolute Gasteiger partial charge is 0.462 e. The summed E-state index contributed by atoms with van der Waals surface area (Å²) in [4.78, 5) is 13.2. The summed E-state index contributed by atoms with van der Waals surface area (Å²) in [5.41, 5.74) is -0.141. The summed E-state index contributed by atoms with van der Waals surface area (Å²) in [7, 11) is 0. The molecule has 84 valence electrons. The molecular weight excluding hydrogens is 192 g/mol. The minimum atomic E-state index is -0.614. The molecule has 0 aliphatic heterocycles. The van der Waals surface area contributed by atoms with Gasteiger partial charge in [0.2, 0.25) is 0 Å². The lowest BCUT2D eigenvalue weighted by Crippen LogP contribution is -2.25. The Morgan fingerprint density at radius 2 is 2.07 bits per heavy atom. The predicted molar refractivity (Wildman–Crippen MR) is 58.1 cm³/mol. The molecule has 0 saturated heterocycles. The summed E-state index contributed by atoms with van der Waals surface area (Å²) < 4.78 is 4.85. The van der Waals surface area contributed by atoms with Crippen molar-refractivity contribution in [2.24, 2.45) is 0 Å². The van der Waals surface area contributed by atoms with Gasteiger partial charge in [-0.05, 0) is 19.5 Å². The number of carbonyl (C=O) groups is 1. The van der Waals surface area contributed by atoms with Gasteiger partial charge in [-0.3, -0.25) is 0 Å². The molecule has 0 aliphatic carbocycles. The summed E-state index contributed by atoms with van der Waals surface area (Å²) in [5.74, 6) is -0.614. The molecule has 0 unspecified atom stereocenters. The van der Waals surface area contributed by atoms with Crippen molar-refractivity contribution >= 4 is 5.97 Å². The highest BCUT2D eigenvalue weighted by Crippen LogP contribution is 1.95. The number of esters is 1. The second-order valence-electron chi connectivity index (χ2n) is 3.11. The molecule has 0 rings (SSSR count). The molecule has 0 atom stereocenters. The smallest absolute Gasteiger partial charge is 0.348 e. The predicted octanol–water partition coefficient (Wildman–Crippen LogP) is 1.34. The van der Waals surface area contributed by atoms with Crippen LogP contribution in [0.5, 0.6) is 0 Å². The maximum absolute atomic E-state index is 11.0. The second-order valence-corrected chi connectivity index (χ2v) is 3.11. The Morgan fingerprint density at radius 3 is 2.53 bits per heavy atom. The zero-order chi connectivity index (χ0) is 11.7. The van der Waals surface area contributed by atoms with Crippen molar-refractivity contribution in [2.45, 2.75) is 20.3 Å². The minimum absolute atomic E-state index is 0.141. The van der Waals surface area contributed by atoms with Crippen LogP contribution in [0.25, 0.3) is 0 Å². The van der Waals surface area contributed by atoms with Gasteiger partial charge in [-0.2, -0.15) is 5.26 Å². The molecule has 0 aliphatic rings. The van der Waals surface area contributed by atoms with Crippen molar-refractivity contribution in [2.75, 3.05) is 26.2 Å². The number of ether oxygens (including phenoxy) is 1. The van der Waals surface area contributed by atoms with Crippen molar-refractivity contribution in [3.63, 3.8) is 0 Å². The minimum Gasteiger partial charge on any atom is -0.462 e. The van der Waals surface area contributed by atoms with Crippen molar-refractivity contribution in [1.29, 1.82) is 5.26 Å². The monoisotopic (exact) mass is 210 g/mol. The Bertz CT molecular complexity index is 252. The first-order chi connectivity index (χ1) is 7.15. The van der Waals surface area contributed by atoms with Crippen LogP contribution in [0.1, 0.15) is 20.3 Å². The molecule has 0 aromatic carbocycles. The van der Waals surface area contributed by atoms with Crippen LogP contribution in [0.4, 0.5) is 0 Å². The van der Waals surface area contributed by atoms with E-state index in [2.05, 4.69) is 25.3 Å². The third-order valence-corrected chi connectivity index (χ3v) is 2.13. The fourth-order valence-electron chi connectivity index (χ4n) is 1.13. The van der Waals surface area contributed by atoms with E-state index in [0.29, 0.717) is 6.61 Å². The van der Waals surface area contributed by atoms with Gasteiger partial charge >= 0.3 is 5.97 Å². The van der Waals surface area contributed by atoms with Gasteiger partial charge in [-0.1, -0.05) is 20.4 Å². The normalized spacial score (nSPS) is 9.73. The van der Waals surface area contributed by atoms with E-state index in [-0.39, 0.29) is 5.57 Å². The van der Waals surface area contributed by atoms with E-state index < -0.39 is 5.97 Å². The third-order valence-electron chi connectivity index (χ3n) is 2.13. The van der Waals surface area contributed by atoms with Crippen molar-refractivity contribution in [1.82, 2.24) is 4.90 Å². The van der Waals surface area contributed by atoms with E-state index in [1.54, 1.807) is 6.07 Å². The van der Waals surface area contributed by atoms with Crippen LogP contribution in [-0.4, -0.2) is 37.1 Å². The Labute approximate surface area is 91.1 Å². The summed E-state index contributed by atoms with van der Waals surface area (Å²) in [5, 5.41) is 8.37. The Balaban J connectivity index is 3.59. The summed E-state index contributed by atoms with van der Waals surface area (Å²) in [6.07, 6.45) is 0.784. The lowest BCUT2D eigenvalue weighted by molar-refractivity contribution is -0.138. The Kier molecular flexibility index (Phi) is 7.29. The van der Waals surface area contributed by atoms with Crippen LogP contribution in [0.3, 0.4) is 0 Å². The molecule has 0 N–H and O–H groups in total. The highest BCUT2D eigenvalue weighted by molar-refractivity contribution is 5.91. The highest BCUT2D eigenvalue weighted by Gasteiger charge is 2.06. The highest BCUT2D eigenvalue weighted by atomic mass is 16.5. The topological polar surface area (TPSA) is 53.3 Å². The maximum Gasteiger partial charge on any atom is 0.348 e. The molecule has 0 radical (unpaired) electrons. The molecule has 0 bridgehead atoms. The van der Waals surface area contributed by atoms with Gasteiger partial charge in [0.15, 0.2) is 0 Å². The third kappa shape index (κ3) is 5.87. The van der Waals surface area contributed by atoms with Crippen molar-refractivity contribution in [3.05, 3.63) is 12.2 Å². The number of carbonyl (C=O) groups excluding carboxylic acids is 1. The average molecular weight is 210 g/mol. The van der Waals surface area contributed by atoms with Crippen LogP contribution in [0.15, 0.2) is 12.2 Å². The fourth-order valence-corrected chi connectivity index (χ4v) is 1.13. The summed E-state index contributed by atoms with van der Waals surface area (Å²) >= 11 is 0. The van der Waals surface area contributed by atoms with Crippen molar-refractivity contribution < 1.29 is 9.53 Å².